The van der Waals surface area contributed by atoms with Crippen LogP contribution in [-0.2, 0) is 6.54 Å². The molecule has 1 heterocycles. The van der Waals surface area contributed by atoms with Crippen LogP contribution in [0.25, 0.3) is 0 Å². The third-order valence-electron chi connectivity index (χ3n) is 5.34. The summed E-state index contributed by atoms with van der Waals surface area (Å²) in [5.41, 5.74) is 1.26. The van der Waals surface area contributed by atoms with Gasteiger partial charge in [-0.3, -0.25) is 9.80 Å². The van der Waals surface area contributed by atoms with Gasteiger partial charge in [-0.25, -0.2) is 0 Å². The van der Waals surface area contributed by atoms with Crippen molar-refractivity contribution in [1.29, 1.82) is 0 Å². The Labute approximate surface area is 140 Å². The van der Waals surface area contributed by atoms with Crippen molar-refractivity contribution in [2.24, 2.45) is 0 Å². The van der Waals surface area contributed by atoms with Gasteiger partial charge in [-0.05, 0) is 32.3 Å². The molecular formula is C19H30N2O2. The van der Waals surface area contributed by atoms with Crippen LogP contribution in [0.15, 0.2) is 24.3 Å². The standard InChI is InChI=1S/C19H30N2O2/c1-2-23-19-9-4-3-6-16(19)14-20-11-12-21(17-7-5-8-17)15-18(20)10-13-22/h3-4,6,9,17-18,22H,2,5,7-8,10-15H2,1H3/t18-/m1/s1. The second kappa shape index (κ2) is 8.13. The van der Waals surface area contributed by atoms with Crippen molar-refractivity contribution in [3.05, 3.63) is 29.8 Å². The van der Waals surface area contributed by atoms with Crippen molar-refractivity contribution in [2.75, 3.05) is 32.8 Å². The molecule has 1 saturated carbocycles. The van der Waals surface area contributed by atoms with E-state index >= 15 is 0 Å². The topological polar surface area (TPSA) is 35.9 Å². The molecule has 1 atom stereocenters. The van der Waals surface area contributed by atoms with Gasteiger partial charge in [-0.2, -0.15) is 0 Å². The first-order valence-electron chi connectivity index (χ1n) is 9.11. The Bertz CT molecular complexity index is 490. The van der Waals surface area contributed by atoms with E-state index in [1.165, 1.54) is 24.8 Å². The predicted octanol–water partition coefficient (Wildman–Crippen LogP) is 2.51. The molecule has 0 amide bonds. The van der Waals surface area contributed by atoms with Crippen LogP contribution in [0.2, 0.25) is 0 Å². The molecule has 3 rings (SSSR count). The summed E-state index contributed by atoms with van der Waals surface area (Å²) < 4.78 is 5.77. The van der Waals surface area contributed by atoms with Crippen LogP contribution in [0.3, 0.4) is 0 Å². The highest BCUT2D eigenvalue weighted by molar-refractivity contribution is 5.33. The summed E-state index contributed by atoms with van der Waals surface area (Å²) in [6.07, 6.45) is 4.97. The van der Waals surface area contributed by atoms with E-state index in [0.717, 1.165) is 44.4 Å². The molecule has 1 N–H and O–H groups in total. The second-order valence-corrected chi connectivity index (χ2v) is 6.76. The van der Waals surface area contributed by atoms with E-state index in [2.05, 4.69) is 28.0 Å². The minimum atomic E-state index is 0.271. The maximum atomic E-state index is 9.47. The lowest BCUT2D eigenvalue weighted by molar-refractivity contribution is 0.0108. The molecule has 1 aliphatic carbocycles. The summed E-state index contributed by atoms with van der Waals surface area (Å²) in [6, 6.07) is 9.60. The van der Waals surface area contributed by atoms with Gasteiger partial charge < -0.3 is 9.84 Å². The van der Waals surface area contributed by atoms with Crippen molar-refractivity contribution in [2.45, 2.75) is 51.2 Å². The molecule has 1 aromatic carbocycles. The van der Waals surface area contributed by atoms with Crippen molar-refractivity contribution >= 4 is 0 Å². The van der Waals surface area contributed by atoms with Crippen LogP contribution in [0.1, 0.15) is 38.2 Å². The SMILES string of the molecule is CCOc1ccccc1CN1CCN(C2CCC2)C[C@H]1CCO. The molecule has 0 bridgehead atoms. The Kier molecular flexibility index (Phi) is 5.92. The van der Waals surface area contributed by atoms with Gasteiger partial charge in [0.05, 0.1) is 6.61 Å². The van der Waals surface area contributed by atoms with Gasteiger partial charge in [0.1, 0.15) is 5.75 Å². The number of piperazine rings is 1. The Morgan fingerprint density at radius 1 is 1.22 bits per heavy atom. The van der Waals surface area contributed by atoms with Crippen LogP contribution in [0, 0.1) is 0 Å². The van der Waals surface area contributed by atoms with Gasteiger partial charge in [-0.15, -0.1) is 0 Å². The van der Waals surface area contributed by atoms with E-state index in [9.17, 15) is 5.11 Å². The first-order chi connectivity index (χ1) is 11.3. The van der Waals surface area contributed by atoms with Gasteiger partial charge in [0, 0.05) is 50.4 Å². The zero-order valence-electron chi connectivity index (χ0n) is 14.3. The number of benzene rings is 1. The number of hydrogen-bond acceptors (Lipinski definition) is 4. The Hall–Kier alpha value is -1.10. The zero-order valence-corrected chi connectivity index (χ0v) is 14.3. The highest BCUT2D eigenvalue weighted by atomic mass is 16.5. The summed E-state index contributed by atoms with van der Waals surface area (Å²) in [4.78, 5) is 5.18. The van der Waals surface area contributed by atoms with Crippen molar-refractivity contribution < 1.29 is 9.84 Å². The molecule has 1 aromatic rings. The maximum absolute atomic E-state index is 9.47. The van der Waals surface area contributed by atoms with Crippen molar-refractivity contribution in [1.82, 2.24) is 9.80 Å². The highest BCUT2D eigenvalue weighted by Gasteiger charge is 2.33. The maximum Gasteiger partial charge on any atom is 0.123 e. The normalized spacial score (nSPS) is 23.7. The summed E-state index contributed by atoms with van der Waals surface area (Å²) in [5.74, 6) is 0.999. The highest BCUT2D eigenvalue weighted by Crippen LogP contribution is 2.29. The van der Waals surface area contributed by atoms with Gasteiger partial charge >= 0.3 is 0 Å². The number of ether oxygens (including phenoxy) is 1. The summed E-state index contributed by atoms with van der Waals surface area (Å²) in [7, 11) is 0. The average molecular weight is 318 g/mol. The second-order valence-electron chi connectivity index (χ2n) is 6.76. The first-order valence-corrected chi connectivity index (χ1v) is 9.11. The fraction of sp³-hybridized carbons (Fsp3) is 0.684. The molecular weight excluding hydrogens is 288 g/mol. The Morgan fingerprint density at radius 2 is 2.04 bits per heavy atom. The number of para-hydroxylation sites is 1. The van der Waals surface area contributed by atoms with E-state index in [1.807, 2.05) is 13.0 Å². The third-order valence-corrected chi connectivity index (χ3v) is 5.34. The quantitative estimate of drug-likeness (QED) is 0.838. The van der Waals surface area contributed by atoms with Gasteiger partial charge in [-0.1, -0.05) is 24.6 Å². The minimum Gasteiger partial charge on any atom is -0.494 e. The van der Waals surface area contributed by atoms with E-state index in [-0.39, 0.29) is 6.61 Å². The van der Waals surface area contributed by atoms with E-state index in [0.29, 0.717) is 12.6 Å². The van der Waals surface area contributed by atoms with Gasteiger partial charge in [0.25, 0.3) is 0 Å². The molecule has 128 valence electrons. The lowest BCUT2D eigenvalue weighted by Crippen LogP contribution is -2.57. The largest absolute Gasteiger partial charge is 0.494 e. The number of rotatable bonds is 7. The van der Waals surface area contributed by atoms with Crippen molar-refractivity contribution in [3.8, 4) is 5.75 Å². The first kappa shape index (κ1) is 16.7. The van der Waals surface area contributed by atoms with Crippen LogP contribution >= 0.6 is 0 Å². The van der Waals surface area contributed by atoms with E-state index in [4.69, 9.17) is 4.74 Å². The lowest BCUT2D eigenvalue weighted by Gasteiger charge is -2.47. The molecule has 0 radical (unpaired) electrons. The number of nitrogens with zero attached hydrogens (tertiary/aromatic N) is 2. The monoisotopic (exact) mass is 318 g/mol. The zero-order chi connectivity index (χ0) is 16.1. The van der Waals surface area contributed by atoms with E-state index in [1.54, 1.807) is 0 Å². The fourth-order valence-electron chi connectivity index (χ4n) is 3.78. The molecule has 23 heavy (non-hydrogen) atoms. The van der Waals surface area contributed by atoms with Crippen molar-refractivity contribution in [3.63, 3.8) is 0 Å². The molecule has 2 aliphatic rings. The molecule has 4 heteroatoms. The van der Waals surface area contributed by atoms with Gasteiger partial charge in [0.15, 0.2) is 0 Å². The Morgan fingerprint density at radius 3 is 2.74 bits per heavy atom. The van der Waals surface area contributed by atoms with E-state index < -0.39 is 0 Å². The smallest absolute Gasteiger partial charge is 0.123 e. The summed E-state index contributed by atoms with van der Waals surface area (Å²) >= 11 is 0. The fourth-order valence-corrected chi connectivity index (χ4v) is 3.78. The molecule has 0 spiro atoms. The summed E-state index contributed by atoms with van der Waals surface area (Å²) in [5, 5.41) is 9.47. The third kappa shape index (κ3) is 4.06. The van der Waals surface area contributed by atoms with Gasteiger partial charge in [0.2, 0.25) is 0 Å². The minimum absolute atomic E-state index is 0.271. The molecule has 2 fully saturated rings. The lowest BCUT2D eigenvalue weighted by atomic mass is 9.90. The molecule has 0 aromatic heterocycles. The van der Waals surface area contributed by atoms with Crippen LogP contribution in [0.4, 0.5) is 0 Å². The number of hydrogen-bond donors (Lipinski definition) is 1. The predicted molar refractivity (Wildman–Crippen MR) is 92.7 cm³/mol. The van der Waals surface area contributed by atoms with Crippen LogP contribution in [0.5, 0.6) is 5.75 Å². The number of aliphatic hydroxyl groups is 1. The molecule has 1 saturated heterocycles. The molecule has 0 unspecified atom stereocenters. The Balaban J connectivity index is 1.66. The summed E-state index contributed by atoms with van der Waals surface area (Å²) in [6.45, 7) is 7.26. The van der Waals surface area contributed by atoms with Crippen LogP contribution < -0.4 is 4.74 Å². The molecule has 4 nitrogen and oxygen atoms in total. The van der Waals surface area contributed by atoms with Crippen LogP contribution in [-0.4, -0.2) is 59.8 Å². The average Bonchev–Trinajstić information content (AvgIpc) is 2.50. The number of aliphatic hydroxyl groups excluding tert-OH is 1. The molecule has 1 aliphatic heterocycles.